The molecular weight excluding hydrogens is 334 g/mol. The van der Waals surface area contributed by atoms with E-state index in [1.807, 2.05) is 18.2 Å². The number of carbonyl (C=O) groups excluding carboxylic acids is 1. The minimum Gasteiger partial charge on any atom is -0.397 e. The molecule has 0 fully saturated rings. The molecule has 0 aliphatic rings. The van der Waals surface area contributed by atoms with Crippen molar-refractivity contribution in [1.29, 1.82) is 0 Å². The lowest BCUT2D eigenvalue weighted by Crippen LogP contribution is -2.17. The number of hydrogen-bond acceptors (Lipinski definition) is 7. The van der Waals surface area contributed by atoms with Crippen LogP contribution in [-0.2, 0) is 17.9 Å². The fraction of sp³-hybridized carbons (Fsp3) is 0.353. The summed E-state index contributed by atoms with van der Waals surface area (Å²) in [6, 6.07) is 7.29. The molecule has 0 spiro atoms. The lowest BCUT2D eigenvalue weighted by molar-refractivity contribution is -0.116. The number of rotatable bonds is 10. The lowest BCUT2D eigenvalue weighted by atomic mass is 10.1. The third-order valence-corrected chi connectivity index (χ3v) is 3.79. The van der Waals surface area contributed by atoms with E-state index < -0.39 is 0 Å². The van der Waals surface area contributed by atoms with Crippen LogP contribution in [0.1, 0.15) is 36.9 Å². The van der Waals surface area contributed by atoms with Crippen molar-refractivity contribution in [2.45, 2.75) is 38.8 Å². The van der Waals surface area contributed by atoms with Crippen molar-refractivity contribution in [1.82, 2.24) is 20.4 Å². The van der Waals surface area contributed by atoms with Gasteiger partial charge in [0.25, 0.3) is 0 Å². The average molecular weight is 359 g/mol. The van der Waals surface area contributed by atoms with Gasteiger partial charge in [-0.05, 0) is 18.9 Å². The molecule has 1 heterocycles. The van der Waals surface area contributed by atoms with Crippen molar-refractivity contribution in [3.05, 3.63) is 47.9 Å². The van der Waals surface area contributed by atoms with Crippen molar-refractivity contribution < 1.29 is 9.90 Å². The van der Waals surface area contributed by atoms with E-state index in [4.69, 9.17) is 16.7 Å². The number of nitrogens with one attached hydrogen (secondary N) is 2. The maximum Gasteiger partial charge on any atom is 0.224 e. The molecule has 0 aliphatic heterocycles. The summed E-state index contributed by atoms with van der Waals surface area (Å²) in [6.45, 7) is 0.605. The number of benzene rings is 1. The normalized spacial score (nSPS) is 11.4. The lowest BCUT2D eigenvalue weighted by Gasteiger charge is -2.11. The standard InChI is InChI=1S/C17H25N7O2/c18-15(10-20-19)14-6-3-4-7-16(14)21-17(26)8-2-1-5-9-24-11-13(12-25)22-23-24/h3-4,6-7,10-11,20,25H,1-2,5,8-9,12,18-19H2,(H,21,26)/b15-10-. The fourth-order valence-corrected chi connectivity index (χ4v) is 2.48. The maximum absolute atomic E-state index is 12.2. The topological polar surface area (TPSA) is 144 Å². The zero-order valence-electron chi connectivity index (χ0n) is 14.6. The van der Waals surface area contributed by atoms with Gasteiger partial charge in [-0.3, -0.25) is 15.3 Å². The Morgan fingerprint density at radius 3 is 2.81 bits per heavy atom. The van der Waals surface area contributed by atoms with Crippen molar-refractivity contribution >= 4 is 17.3 Å². The molecule has 0 atom stereocenters. The number of aromatic nitrogens is 3. The van der Waals surface area contributed by atoms with Crippen LogP contribution in [0.4, 0.5) is 5.69 Å². The summed E-state index contributed by atoms with van der Waals surface area (Å²) in [5.41, 5.74) is 10.7. The highest BCUT2D eigenvalue weighted by molar-refractivity contribution is 5.93. The number of aliphatic hydroxyl groups is 1. The smallest absolute Gasteiger partial charge is 0.224 e. The summed E-state index contributed by atoms with van der Waals surface area (Å²) < 4.78 is 1.70. The van der Waals surface area contributed by atoms with E-state index in [9.17, 15) is 4.79 Å². The highest BCUT2D eigenvalue weighted by Gasteiger charge is 2.08. The highest BCUT2D eigenvalue weighted by atomic mass is 16.3. The molecule has 7 N–H and O–H groups in total. The first-order valence-corrected chi connectivity index (χ1v) is 8.45. The third-order valence-electron chi connectivity index (χ3n) is 3.79. The van der Waals surface area contributed by atoms with E-state index in [0.29, 0.717) is 35.6 Å². The minimum absolute atomic E-state index is 0.0609. The van der Waals surface area contributed by atoms with Gasteiger partial charge in [-0.2, -0.15) is 0 Å². The Morgan fingerprint density at radius 1 is 1.27 bits per heavy atom. The van der Waals surface area contributed by atoms with Crippen LogP contribution in [0.15, 0.2) is 36.7 Å². The van der Waals surface area contributed by atoms with E-state index in [2.05, 4.69) is 21.1 Å². The number of hydrogen-bond donors (Lipinski definition) is 5. The minimum atomic E-state index is -0.108. The maximum atomic E-state index is 12.2. The van der Waals surface area contributed by atoms with E-state index in [0.717, 1.165) is 19.3 Å². The first-order chi connectivity index (χ1) is 12.6. The summed E-state index contributed by atoms with van der Waals surface area (Å²) in [5.74, 6) is 5.19. The zero-order valence-corrected chi connectivity index (χ0v) is 14.6. The number of amides is 1. The van der Waals surface area contributed by atoms with Gasteiger partial charge in [0.15, 0.2) is 0 Å². The van der Waals surface area contributed by atoms with Crippen LogP contribution in [0.3, 0.4) is 0 Å². The summed E-state index contributed by atoms with van der Waals surface area (Å²) in [7, 11) is 0. The number of aryl methyl sites for hydroxylation is 1. The second-order valence-electron chi connectivity index (χ2n) is 5.80. The number of nitrogens with zero attached hydrogens (tertiary/aromatic N) is 3. The predicted molar refractivity (Wildman–Crippen MR) is 99.0 cm³/mol. The number of hydrazine groups is 1. The Labute approximate surface area is 152 Å². The molecule has 2 rings (SSSR count). The Kier molecular flexibility index (Phi) is 7.59. The molecule has 9 nitrogen and oxygen atoms in total. The van der Waals surface area contributed by atoms with Gasteiger partial charge in [0, 0.05) is 24.7 Å². The van der Waals surface area contributed by atoms with E-state index >= 15 is 0 Å². The van der Waals surface area contributed by atoms with Crippen molar-refractivity contribution in [2.24, 2.45) is 11.6 Å². The molecule has 1 aromatic carbocycles. The van der Waals surface area contributed by atoms with Gasteiger partial charge in [0.1, 0.15) is 5.69 Å². The number of para-hydroxylation sites is 1. The highest BCUT2D eigenvalue weighted by Crippen LogP contribution is 2.20. The van der Waals surface area contributed by atoms with Crippen LogP contribution >= 0.6 is 0 Å². The van der Waals surface area contributed by atoms with Crippen molar-refractivity contribution in [3.63, 3.8) is 0 Å². The quantitative estimate of drug-likeness (QED) is 0.238. The number of unbranched alkanes of at least 4 members (excludes halogenated alkanes) is 2. The van der Waals surface area contributed by atoms with Gasteiger partial charge in [-0.1, -0.05) is 29.8 Å². The molecule has 26 heavy (non-hydrogen) atoms. The second kappa shape index (κ2) is 10.2. The zero-order chi connectivity index (χ0) is 18.8. The van der Waals surface area contributed by atoms with Gasteiger partial charge in [0.2, 0.25) is 5.91 Å². The summed E-state index contributed by atoms with van der Waals surface area (Å²) >= 11 is 0. The van der Waals surface area contributed by atoms with E-state index in [-0.39, 0.29) is 12.5 Å². The van der Waals surface area contributed by atoms with Crippen LogP contribution in [0, 0.1) is 0 Å². The number of anilines is 1. The first kappa shape index (κ1) is 19.4. The molecule has 1 amide bonds. The summed E-state index contributed by atoms with van der Waals surface area (Å²) in [6.07, 6.45) is 6.16. The van der Waals surface area contributed by atoms with Crippen molar-refractivity contribution in [2.75, 3.05) is 5.32 Å². The molecule has 140 valence electrons. The Bertz CT molecular complexity index is 742. The molecule has 0 unspecified atom stereocenters. The monoisotopic (exact) mass is 359 g/mol. The molecule has 0 aliphatic carbocycles. The Hall–Kier alpha value is -2.91. The Balaban J connectivity index is 1.74. The van der Waals surface area contributed by atoms with Gasteiger partial charge >= 0.3 is 0 Å². The molecule has 0 bridgehead atoms. The molecule has 0 saturated heterocycles. The van der Waals surface area contributed by atoms with Crippen LogP contribution in [0.5, 0.6) is 0 Å². The third kappa shape index (κ3) is 5.87. The molecule has 0 saturated carbocycles. The van der Waals surface area contributed by atoms with Crippen LogP contribution in [0.2, 0.25) is 0 Å². The SMILES string of the molecule is NN/C=C(\N)c1ccccc1NC(=O)CCCCCn1cc(CO)nn1. The number of aliphatic hydroxyl groups excluding tert-OH is 1. The Morgan fingerprint density at radius 2 is 2.08 bits per heavy atom. The van der Waals surface area contributed by atoms with Gasteiger partial charge in [0.05, 0.1) is 24.2 Å². The largest absolute Gasteiger partial charge is 0.397 e. The average Bonchev–Trinajstić information content (AvgIpc) is 3.10. The fourth-order valence-electron chi connectivity index (χ4n) is 2.48. The molecular formula is C17H25N7O2. The van der Waals surface area contributed by atoms with Gasteiger partial charge in [-0.15, -0.1) is 5.10 Å². The van der Waals surface area contributed by atoms with Crippen LogP contribution in [0.25, 0.3) is 5.70 Å². The molecule has 0 radical (unpaired) electrons. The van der Waals surface area contributed by atoms with Crippen molar-refractivity contribution in [3.8, 4) is 0 Å². The van der Waals surface area contributed by atoms with Gasteiger partial charge < -0.3 is 21.6 Å². The predicted octanol–water partition coefficient (Wildman–Crippen LogP) is 0.690. The first-order valence-electron chi connectivity index (χ1n) is 8.45. The summed E-state index contributed by atoms with van der Waals surface area (Å²) in [5, 5.41) is 19.6. The summed E-state index contributed by atoms with van der Waals surface area (Å²) in [4.78, 5) is 12.2. The van der Waals surface area contributed by atoms with E-state index in [1.54, 1.807) is 16.9 Å². The van der Waals surface area contributed by atoms with Crippen LogP contribution in [-0.4, -0.2) is 26.0 Å². The van der Waals surface area contributed by atoms with E-state index in [1.165, 1.54) is 6.20 Å². The van der Waals surface area contributed by atoms with Crippen LogP contribution < -0.4 is 22.3 Å². The molecule has 9 heteroatoms. The van der Waals surface area contributed by atoms with Gasteiger partial charge in [-0.25, -0.2) is 0 Å². The number of nitrogens with two attached hydrogens (primary N) is 2. The molecule has 1 aromatic heterocycles. The second-order valence-corrected chi connectivity index (χ2v) is 5.80. The number of carbonyl (C=O) groups is 1. The molecule has 2 aromatic rings.